The number of rotatable bonds is 8. The normalized spacial score (nSPS) is 23.8. The molecule has 2 nitrogen and oxygen atoms in total. The Labute approximate surface area is 179 Å². The van der Waals surface area contributed by atoms with Crippen molar-refractivity contribution in [1.82, 2.24) is 0 Å². The van der Waals surface area contributed by atoms with Crippen LogP contribution in [0.1, 0.15) is 115 Å². The number of benzene rings is 1. The molecule has 3 rings (SSSR count). The van der Waals surface area contributed by atoms with Gasteiger partial charge in [-0.1, -0.05) is 65.7 Å². The highest BCUT2D eigenvalue weighted by Crippen LogP contribution is 2.48. The third-order valence-electron chi connectivity index (χ3n) is 7.98. The fraction of sp³-hybridized carbons (Fsp3) is 0.778. The van der Waals surface area contributed by atoms with Crippen molar-refractivity contribution >= 4 is 0 Å². The molecule has 2 aliphatic rings. The quantitative estimate of drug-likeness (QED) is 0.440. The second kappa shape index (κ2) is 10.2. The maximum atomic E-state index is 5.94. The molecule has 0 amide bonds. The third-order valence-corrected chi connectivity index (χ3v) is 7.98. The molecule has 2 fully saturated rings. The molecule has 1 aromatic carbocycles. The molecule has 0 spiro atoms. The summed E-state index contributed by atoms with van der Waals surface area (Å²) >= 11 is 0. The van der Waals surface area contributed by atoms with E-state index in [2.05, 4.69) is 32.9 Å². The van der Waals surface area contributed by atoms with Crippen LogP contribution in [0, 0.1) is 11.8 Å². The first-order valence-electron chi connectivity index (χ1n) is 12.3. The molecule has 0 atom stereocenters. The topological polar surface area (TPSA) is 18.5 Å². The van der Waals surface area contributed by atoms with Crippen LogP contribution < -0.4 is 9.47 Å². The molecule has 0 heterocycles. The van der Waals surface area contributed by atoms with Crippen LogP contribution in [0.5, 0.6) is 11.5 Å². The molecular weight excluding hydrogens is 356 g/mol. The molecular formula is C27H44O2. The zero-order chi connectivity index (χ0) is 20.9. The summed E-state index contributed by atoms with van der Waals surface area (Å²) in [6.45, 7) is 6.97. The van der Waals surface area contributed by atoms with Crippen LogP contribution in [0.3, 0.4) is 0 Å². The predicted molar refractivity (Wildman–Crippen MR) is 123 cm³/mol. The predicted octanol–water partition coefficient (Wildman–Crippen LogP) is 8.03. The minimum atomic E-state index is 0.147. The van der Waals surface area contributed by atoms with Gasteiger partial charge in [-0.2, -0.15) is 0 Å². The first-order chi connectivity index (χ1) is 14.0. The van der Waals surface area contributed by atoms with Crippen LogP contribution in [0.15, 0.2) is 12.1 Å². The lowest BCUT2D eigenvalue weighted by atomic mass is 9.69. The highest BCUT2D eigenvalue weighted by atomic mass is 16.5. The van der Waals surface area contributed by atoms with Gasteiger partial charge in [-0.25, -0.2) is 0 Å². The van der Waals surface area contributed by atoms with Gasteiger partial charge in [0.1, 0.15) is 11.5 Å². The minimum Gasteiger partial charge on any atom is -0.496 e. The molecule has 2 aliphatic carbocycles. The minimum absolute atomic E-state index is 0.147. The zero-order valence-corrected chi connectivity index (χ0v) is 19.7. The van der Waals surface area contributed by atoms with Crippen LogP contribution in [-0.2, 0) is 5.41 Å². The standard InChI is InChI=1S/C27H44O2/c1-6-7-17-27(2,3)23-18-24(28-4)26(25(19-23)29-5)22-15-13-21(14-16-22)20-11-9-8-10-12-20/h18-22H,6-17H2,1-5H3. The van der Waals surface area contributed by atoms with Gasteiger partial charge < -0.3 is 9.47 Å². The van der Waals surface area contributed by atoms with Crippen LogP contribution >= 0.6 is 0 Å². The van der Waals surface area contributed by atoms with Crippen molar-refractivity contribution < 1.29 is 9.47 Å². The van der Waals surface area contributed by atoms with E-state index < -0.39 is 0 Å². The van der Waals surface area contributed by atoms with Gasteiger partial charge in [-0.15, -0.1) is 0 Å². The molecule has 0 N–H and O–H groups in total. The number of ether oxygens (including phenoxy) is 2. The Morgan fingerprint density at radius 3 is 1.90 bits per heavy atom. The molecule has 2 heteroatoms. The molecule has 29 heavy (non-hydrogen) atoms. The van der Waals surface area contributed by atoms with Crippen molar-refractivity contribution in [3.63, 3.8) is 0 Å². The molecule has 2 saturated carbocycles. The summed E-state index contributed by atoms with van der Waals surface area (Å²) < 4.78 is 11.9. The van der Waals surface area contributed by atoms with Gasteiger partial charge >= 0.3 is 0 Å². The zero-order valence-electron chi connectivity index (χ0n) is 19.7. The van der Waals surface area contributed by atoms with Gasteiger partial charge in [0.05, 0.1) is 14.2 Å². The lowest BCUT2D eigenvalue weighted by Crippen LogP contribution is -2.23. The van der Waals surface area contributed by atoms with Gasteiger partial charge in [0.25, 0.3) is 0 Å². The highest BCUT2D eigenvalue weighted by molar-refractivity contribution is 5.52. The van der Waals surface area contributed by atoms with E-state index in [0.717, 1.165) is 23.3 Å². The van der Waals surface area contributed by atoms with E-state index in [9.17, 15) is 0 Å². The van der Waals surface area contributed by atoms with E-state index in [1.807, 2.05) is 14.2 Å². The van der Waals surface area contributed by atoms with E-state index >= 15 is 0 Å². The van der Waals surface area contributed by atoms with E-state index in [-0.39, 0.29) is 5.41 Å². The average molecular weight is 401 g/mol. The molecule has 1 aromatic rings. The largest absolute Gasteiger partial charge is 0.496 e. The first kappa shape index (κ1) is 22.5. The fourth-order valence-corrected chi connectivity index (χ4v) is 5.98. The van der Waals surface area contributed by atoms with Gasteiger partial charge in [0, 0.05) is 5.56 Å². The van der Waals surface area contributed by atoms with Crippen LogP contribution in [0.25, 0.3) is 0 Å². The SMILES string of the molecule is CCCCC(C)(C)c1cc(OC)c(C2CCC(C3CCCCC3)CC2)c(OC)c1. The second-order valence-corrected chi connectivity index (χ2v) is 10.3. The van der Waals surface area contributed by atoms with Crippen molar-refractivity contribution in [3.05, 3.63) is 23.3 Å². The van der Waals surface area contributed by atoms with E-state index in [1.165, 1.54) is 88.2 Å². The van der Waals surface area contributed by atoms with Crippen molar-refractivity contribution in [2.24, 2.45) is 11.8 Å². The number of hydrogen-bond donors (Lipinski definition) is 0. The highest BCUT2D eigenvalue weighted by Gasteiger charge is 2.32. The van der Waals surface area contributed by atoms with Gasteiger partial charge in [-0.3, -0.25) is 0 Å². The fourth-order valence-electron chi connectivity index (χ4n) is 5.98. The maximum absolute atomic E-state index is 5.94. The Morgan fingerprint density at radius 2 is 1.38 bits per heavy atom. The molecule has 0 radical (unpaired) electrons. The Bertz CT molecular complexity index is 609. The van der Waals surface area contributed by atoms with Gasteiger partial charge in [0.2, 0.25) is 0 Å². The number of hydrogen-bond acceptors (Lipinski definition) is 2. The molecule has 0 aliphatic heterocycles. The Kier molecular flexibility index (Phi) is 7.93. The van der Waals surface area contributed by atoms with Crippen molar-refractivity contribution in [2.75, 3.05) is 14.2 Å². The summed E-state index contributed by atoms with van der Waals surface area (Å²) in [4.78, 5) is 0. The van der Waals surface area contributed by atoms with Crippen LogP contribution in [0.4, 0.5) is 0 Å². The number of methoxy groups -OCH3 is 2. The Hall–Kier alpha value is -1.18. The summed E-state index contributed by atoms with van der Waals surface area (Å²) in [5, 5.41) is 0. The molecule has 0 aromatic heterocycles. The van der Waals surface area contributed by atoms with Gasteiger partial charge in [-0.05, 0) is 73.0 Å². The van der Waals surface area contributed by atoms with E-state index in [4.69, 9.17) is 9.47 Å². The second-order valence-electron chi connectivity index (χ2n) is 10.3. The first-order valence-corrected chi connectivity index (χ1v) is 12.3. The molecule has 0 bridgehead atoms. The average Bonchev–Trinajstić information content (AvgIpc) is 2.77. The monoisotopic (exact) mass is 400 g/mol. The molecule has 164 valence electrons. The van der Waals surface area contributed by atoms with Crippen molar-refractivity contribution in [2.45, 2.75) is 109 Å². The summed E-state index contributed by atoms with van der Waals surface area (Å²) in [6, 6.07) is 4.61. The maximum Gasteiger partial charge on any atom is 0.126 e. The lowest BCUT2D eigenvalue weighted by molar-refractivity contribution is 0.184. The third kappa shape index (κ3) is 5.30. The summed E-state index contributed by atoms with van der Waals surface area (Å²) in [7, 11) is 3.66. The lowest BCUT2D eigenvalue weighted by Gasteiger charge is -2.37. The molecule has 0 unspecified atom stereocenters. The number of unbranched alkanes of at least 4 members (excludes halogenated alkanes) is 1. The molecule has 0 saturated heterocycles. The van der Waals surface area contributed by atoms with Crippen LogP contribution in [0.2, 0.25) is 0 Å². The Balaban J connectivity index is 1.78. The Morgan fingerprint density at radius 1 is 0.828 bits per heavy atom. The van der Waals surface area contributed by atoms with Crippen molar-refractivity contribution in [3.8, 4) is 11.5 Å². The smallest absolute Gasteiger partial charge is 0.126 e. The summed E-state index contributed by atoms with van der Waals surface area (Å²) in [5.41, 5.74) is 2.82. The van der Waals surface area contributed by atoms with E-state index in [1.54, 1.807) is 0 Å². The summed E-state index contributed by atoms with van der Waals surface area (Å²) in [5.74, 6) is 4.62. The van der Waals surface area contributed by atoms with Gasteiger partial charge in [0.15, 0.2) is 0 Å². The summed E-state index contributed by atoms with van der Waals surface area (Å²) in [6.07, 6.45) is 16.3. The van der Waals surface area contributed by atoms with Crippen LogP contribution in [-0.4, -0.2) is 14.2 Å². The van der Waals surface area contributed by atoms with Crippen molar-refractivity contribution in [1.29, 1.82) is 0 Å². The van der Waals surface area contributed by atoms with E-state index in [0.29, 0.717) is 5.92 Å².